The van der Waals surface area contributed by atoms with Gasteiger partial charge in [0.15, 0.2) is 0 Å². The number of rotatable bonds is 5. The van der Waals surface area contributed by atoms with Crippen LogP contribution in [0.5, 0.6) is 0 Å². The second kappa shape index (κ2) is 8.26. The van der Waals surface area contributed by atoms with Crippen molar-refractivity contribution in [2.45, 2.75) is 19.8 Å². The first kappa shape index (κ1) is 18.9. The van der Waals surface area contributed by atoms with E-state index in [0.717, 1.165) is 18.8 Å². The summed E-state index contributed by atoms with van der Waals surface area (Å²) in [5, 5.41) is 5.87. The third-order valence-corrected chi connectivity index (χ3v) is 4.78. The van der Waals surface area contributed by atoms with E-state index in [0.29, 0.717) is 17.3 Å². The largest absolute Gasteiger partial charge is 0.372 e. The Bertz CT molecular complexity index is 999. The summed E-state index contributed by atoms with van der Waals surface area (Å²) in [5.41, 5.74) is 3.46. The molecule has 6 nitrogen and oxygen atoms in total. The Labute approximate surface area is 168 Å². The van der Waals surface area contributed by atoms with E-state index >= 15 is 0 Å². The van der Waals surface area contributed by atoms with Crippen molar-refractivity contribution in [1.82, 2.24) is 9.97 Å². The Morgan fingerprint density at radius 2 is 1.62 bits per heavy atom. The lowest BCUT2D eigenvalue weighted by atomic mass is 10.2. The Morgan fingerprint density at radius 3 is 2.31 bits per heavy atom. The molecule has 0 unspecified atom stereocenters. The van der Waals surface area contributed by atoms with Crippen LogP contribution >= 0.6 is 0 Å². The molecule has 2 aromatic carbocycles. The van der Waals surface area contributed by atoms with E-state index in [-0.39, 0.29) is 17.4 Å². The molecule has 1 amide bonds. The van der Waals surface area contributed by atoms with Crippen molar-refractivity contribution in [3.05, 3.63) is 71.8 Å². The zero-order chi connectivity index (χ0) is 20.2. The molecule has 1 fully saturated rings. The van der Waals surface area contributed by atoms with Gasteiger partial charge in [0.25, 0.3) is 5.91 Å². The van der Waals surface area contributed by atoms with E-state index in [9.17, 15) is 9.18 Å². The summed E-state index contributed by atoms with van der Waals surface area (Å²) in [6, 6.07) is 15.3. The molecule has 1 aromatic heterocycles. The third-order valence-electron chi connectivity index (χ3n) is 4.78. The van der Waals surface area contributed by atoms with Crippen LogP contribution in [-0.4, -0.2) is 29.0 Å². The Hall–Kier alpha value is -3.48. The number of aryl methyl sites for hydroxylation is 1. The summed E-state index contributed by atoms with van der Waals surface area (Å²) in [5.74, 6) is -0.388. The fourth-order valence-corrected chi connectivity index (χ4v) is 3.33. The van der Waals surface area contributed by atoms with Crippen molar-refractivity contribution in [2.24, 2.45) is 0 Å². The first-order valence-corrected chi connectivity index (χ1v) is 9.61. The lowest BCUT2D eigenvalue weighted by Gasteiger charge is -2.17. The minimum atomic E-state index is -0.380. The van der Waals surface area contributed by atoms with Crippen molar-refractivity contribution >= 4 is 28.9 Å². The predicted molar refractivity (Wildman–Crippen MR) is 112 cm³/mol. The number of nitrogens with zero attached hydrogens (tertiary/aromatic N) is 3. The van der Waals surface area contributed by atoms with Crippen LogP contribution < -0.4 is 15.5 Å². The molecule has 7 heteroatoms. The molecule has 1 aliphatic heterocycles. The molecule has 1 aliphatic rings. The van der Waals surface area contributed by atoms with Crippen molar-refractivity contribution in [3.63, 3.8) is 0 Å². The van der Waals surface area contributed by atoms with Gasteiger partial charge in [0, 0.05) is 35.8 Å². The molecule has 2 N–H and O–H groups in total. The molecule has 0 spiro atoms. The number of amides is 1. The van der Waals surface area contributed by atoms with Gasteiger partial charge in [-0.15, -0.1) is 0 Å². The van der Waals surface area contributed by atoms with Gasteiger partial charge < -0.3 is 15.5 Å². The van der Waals surface area contributed by atoms with Crippen LogP contribution in [0.15, 0.2) is 54.6 Å². The number of anilines is 4. The van der Waals surface area contributed by atoms with Crippen molar-refractivity contribution in [3.8, 4) is 0 Å². The minimum Gasteiger partial charge on any atom is -0.372 e. The summed E-state index contributed by atoms with van der Waals surface area (Å²) in [6.45, 7) is 4.00. The van der Waals surface area contributed by atoms with Crippen LogP contribution in [0.1, 0.15) is 29.0 Å². The molecule has 0 saturated carbocycles. The maximum atomic E-state index is 13.0. The highest BCUT2D eigenvalue weighted by atomic mass is 19.1. The molecular formula is C22H22FN5O. The van der Waals surface area contributed by atoms with Crippen LogP contribution in [0.4, 0.5) is 27.4 Å². The van der Waals surface area contributed by atoms with Gasteiger partial charge in [0.1, 0.15) is 11.5 Å². The van der Waals surface area contributed by atoms with Gasteiger partial charge in [-0.2, -0.15) is 0 Å². The summed E-state index contributed by atoms with van der Waals surface area (Å²) in [6.07, 6.45) is 2.47. The summed E-state index contributed by atoms with van der Waals surface area (Å²) in [7, 11) is 0. The number of nitrogens with one attached hydrogen (secondary N) is 2. The van der Waals surface area contributed by atoms with Gasteiger partial charge in [-0.25, -0.2) is 14.4 Å². The first-order valence-electron chi connectivity index (χ1n) is 9.61. The molecule has 148 valence electrons. The number of hydrogen-bond acceptors (Lipinski definition) is 5. The quantitative estimate of drug-likeness (QED) is 0.669. The molecule has 0 aliphatic carbocycles. The van der Waals surface area contributed by atoms with E-state index in [4.69, 9.17) is 0 Å². The SMILES string of the molecule is Cc1cc(C(=O)Nc2ccc(F)cc2)nc(Nc2ccc(N3CCCC3)cc2)n1. The Balaban J connectivity index is 1.47. The monoisotopic (exact) mass is 391 g/mol. The van der Waals surface area contributed by atoms with Crippen LogP contribution in [0.2, 0.25) is 0 Å². The van der Waals surface area contributed by atoms with E-state index < -0.39 is 0 Å². The van der Waals surface area contributed by atoms with Gasteiger partial charge in [0.05, 0.1) is 0 Å². The topological polar surface area (TPSA) is 70.2 Å². The Morgan fingerprint density at radius 1 is 0.966 bits per heavy atom. The molecule has 4 rings (SSSR count). The lowest BCUT2D eigenvalue weighted by molar-refractivity contribution is 0.102. The minimum absolute atomic E-state index is 0.234. The lowest BCUT2D eigenvalue weighted by Crippen LogP contribution is -2.17. The van der Waals surface area contributed by atoms with Crippen LogP contribution in [-0.2, 0) is 0 Å². The zero-order valence-corrected chi connectivity index (χ0v) is 16.2. The fourth-order valence-electron chi connectivity index (χ4n) is 3.33. The number of halogens is 1. The zero-order valence-electron chi connectivity index (χ0n) is 16.2. The summed E-state index contributed by atoms with van der Waals surface area (Å²) in [4.78, 5) is 23.6. The highest BCUT2D eigenvalue weighted by Gasteiger charge is 2.13. The highest BCUT2D eigenvalue weighted by Crippen LogP contribution is 2.23. The number of benzene rings is 2. The smallest absolute Gasteiger partial charge is 0.274 e. The highest BCUT2D eigenvalue weighted by molar-refractivity contribution is 6.03. The number of carbonyl (C=O) groups excluding carboxylic acids is 1. The number of aromatic nitrogens is 2. The molecule has 0 bridgehead atoms. The third kappa shape index (κ3) is 4.68. The van der Waals surface area contributed by atoms with Gasteiger partial charge in [-0.3, -0.25) is 4.79 Å². The average molecular weight is 391 g/mol. The molecule has 0 atom stereocenters. The molecule has 0 radical (unpaired) electrons. The van der Waals surface area contributed by atoms with E-state index in [2.05, 4.69) is 37.6 Å². The number of hydrogen-bond donors (Lipinski definition) is 2. The molecular weight excluding hydrogens is 369 g/mol. The van der Waals surface area contributed by atoms with E-state index in [1.165, 1.54) is 42.8 Å². The standard InChI is InChI=1S/C22H22FN5O/c1-15-14-20(21(29)25-17-6-4-16(23)5-7-17)27-22(24-15)26-18-8-10-19(11-9-18)28-12-2-3-13-28/h4-11,14H,2-3,12-13H2,1H3,(H,25,29)(H,24,26,27). The van der Waals surface area contributed by atoms with E-state index in [1.807, 2.05) is 12.1 Å². The second-order valence-corrected chi connectivity index (χ2v) is 7.05. The maximum absolute atomic E-state index is 13.0. The molecule has 1 saturated heterocycles. The summed E-state index contributed by atoms with van der Waals surface area (Å²) < 4.78 is 13.0. The number of carbonyl (C=O) groups is 1. The van der Waals surface area contributed by atoms with Crippen molar-refractivity contribution < 1.29 is 9.18 Å². The van der Waals surface area contributed by atoms with Gasteiger partial charge >= 0.3 is 0 Å². The molecule has 3 aromatic rings. The molecule has 2 heterocycles. The van der Waals surface area contributed by atoms with E-state index in [1.54, 1.807) is 13.0 Å². The Kier molecular flexibility index (Phi) is 5.37. The predicted octanol–water partition coefficient (Wildman–Crippen LogP) is 4.52. The normalized spacial score (nSPS) is 13.4. The molecule has 29 heavy (non-hydrogen) atoms. The van der Waals surface area contributed by atoms with Gasteiger partial charge in [0.2, 0.25) is 5.95 Å². The van der Waals surface area contributed by atoms with Gasteiger partial charge in [-0.05, 0) is 74.4 Å². The maximum Gasteiger partial charge on any atom is 0.274 e. The van der Waals surface area contributed by atoms with Gasteiger partial charge in [-0.1, -0.05) is 0 Å². The van der Waals surface area contributed by atoms with Crippen LogP contribution in [0, 0.1) is 12.7 Å². The first-order chi connectivity index (χ1) is 14.1. The second-order valence-electron chi connectivity index (χ2n) is 7.05. The summed E-state index contributed by atoms with van der Waals surface area (Å²) >= 11 is 0. The average Bonchev–Trinajstić information content (AvgIpc) is 3.25. The fraction of sp³-hybridized carbons (Fsp3) is 0.227. The van der Waals surface area contributed by atoms with Crippen molar-refractivity contribution in [1.29, 1.82) is 0 Å². The van der Waals surface area contributed by atoms with Crippen molar-refractivity contribution in [2.75, 3.05) is 28.6 Å². The van der Waals surface area contributed by atoms with Crippen LogP contribution in [0.25, 0.3) is 0 Å². The van der Waals surface area contributed by atoms with Crippen LogP contribution in [0.3, 0.4) is 0 Å².